The molecule has 0 bridgehead atoms. The van der Waals surface area contributed by atoms with Gasteiger partial charge >= 0.3 is 0 Å². The molecule has 1 unspecified atom stereocenters. The molecule has 15 heavy (non-hydrogen) atoms. The summed E-state index contributed by atoms with van der Waals surface area (Å²) in [6.45, 7) is 2.79. The van der Waals surface area contributed by atoms with Crippen molar-refractivity contribution in [1.29, 1.82) is 5.26 Å². The molecule has 1 aromatic rings. The summed E-state index contributed by atoms with van der Waals surface area (Å²) in [6.07, 6.45) is 1.50. The number of hydrogen-bond donors (Lipinski definition) is 1. The molecular formula is C12H15ClN2. The third-order valence-corrected chi connectivity index (χ3v) is 2.74. The molecule has 80 valence electrons. The lowest BCUT2D eigenvalue weighted by Crippen LogP contribution is -2.27. The Hall–Kier alpha value is -1.04. The first kappa shape index (κ1) is 12.0. The molecule has 0 heterocycles. The highest BCUT2D eigenvalue weighted by atomic mass is 35.5. The molecule has 1 rings (SSSR count). The van der Waals surface area contributed by atoms with Crippen LogP contribution in [0.25, 0.3) is 0 Å². The van der Waals surface area contributed by atoms with Crippen LogP contribution in [0.5, 0.6) is 0 Å². The van der Waals surface area contributed by atoms with Crippen LogP contribution in [-0.4, -0.2) is 6.04 Å². The maximum absolute atomic E-state index is 8.60. The largest absolute Gasteiger partial charge is 0.309 e. The zero-order valence-electron chi connectivity index (χ0n) is 8.83. The van der Waals surface area contributed by atoms with Crippen molar-refractivity contribution in [2.75, 3.05) is 0 Å². The van der Waals surface area contributed by atoms with Crippen LogP contribution < -0.4 is 5.32 Å². The Morgan fingerprint density at radius 3 is 2.80 bits per heavy atom. The minimum atomic E-state index is 0.256. The molecule has 0 aliphatic rings. The molecule has 0 saturated heterocycles. The molecule has 0 aromatic heterocycles. The zero-order valence-corrected chi connectivity index (χ0v) is 9.59. The SMILES string of the molecule is CCC(CC#N)NCc1ccccc1Cl. The second-order valence-electron chi connectivity index (χ2n) is 3.44. The highest BCUT2D eigenvalue weighted by molar-refractivity contribution is 6.31. The molecule has 0 aliphatic carbocycles. The standard InChI is InChI=1S/C12H15ClN2/c1-2-11(7-8-14)15-9-10-5-3-4-6-12(10)13/h3-6,11,15H,2,7,9H2,1H3. The van der Waals surface area contributed by atoms with Gasteiger partial charge in [0.15, 0.2) is 0 Å². The fourth-order valence-electron chi connectivity index (χ4n) is 1.37. The van der Waals surface area contributed by atoms with Crippen molar-refractivity contribution in [2.24, 2.45) is 0 Å². The van der Waals surface area contributed by atoms with Gasteiger partial charge in [0.1, 0.15) is 0 Å². The number of nitrogens with zero attached hydrogens (tertiary/aromatic N) is 1. The first-order valence-corrected chi connectivity index (χ1v) is 5.49. The maximum Gasteiger partial charge on any atom is 0.0638 e. The van der Waals surface area contributed by atoms with Gasteiger partial charge in [0.05, 0.1) is 12.5 Å². The molecule has 0 spiro atoms. The fraction of sp³-hybridized carbons (Fsp3) is 0.417. The van der Waals surface area contributed by atoms with Gasteiger partial charge in [0, 0.05) is 17.6 Å². The first-order valence-electron chi connectivity index (χ1n) is 5.11. The summed E-state index contributed by atoms with van der Waals surface area (Å²) in [7, 11) is 0. The molecule has 0 saturated carbocycles. The van der Waals surface area contributed by atoms with Crippen molar-refractivity contribution in [1.82, 2.24) is 5.32 Å². The van der Waals surface area contributed by atoms with E-state index in [4.69, 9.17) is 16.9 Å². The normalized spacial score (nSPS) is 12.1. The number of benzene rings is 1. The summed E-state index contributed by atoms with van der Waals surface area (Å²) in [6, 6.07) is 10.2. The van der Waals surface area contributed by atoms with Gasteiger partial charge in [-0.2, -0.15) is 5.26 Å². The summed E-state index contributed by atoms with van der Waals surface area (Å²) >= 11 is 6.02. The van der Waals surface area contributed by atoms with Gasteiger partial charge in [-0.05, 0) is 18.1 Å². The first-order chi connectivity index (χ1) is 7.27. The topological polar surface area (TPSA) is 35.8 Å². The predicted molar refractivity (Wildman–Crippen MR) is 62.6 cm³/mol. The smallest absolute Gasteiger partial charge is 0.0638 e. The lowest BCUT2D eigenvalue weighted by atomic mass is 10.1. The molecule has 0 amide bonds. The van der Waals surface area contributed by atoms with Crippen LogP contribution >= 0.6 is 11.6 Å². The van der Waals surface area contributed by atoms with Crippen LogP contribution in [0.1, 0.15) is 25.3 Å². The summed E-state index contributed by atoms with van der Waals surface area (Å²) in [5, 5.41) is 12.7. The van der Waals surface area contributed by atoms with E-state index in [2.05, 4.69) is 18.3 Å². The van der Waals surface area contributed by atoms with Gasteiger partial charge in [-0.1, -0.05) is 36.7 Å². The van der Waals surface area contributed by atoms with Crippen molar-refractivity contribution in [3.05, 3.63) is 34.9 Å². The van der Waals surface area contributed by atoms with Gasteiger partial charge in [-0.15, -0.1) is 0 Å². The van der Waals surface area contributed by atoms with Crippen LogP contribution in [0.15, 0.2) is 24.3 Å². The Morgan fingerprint density at radius 2 is 2.20 bits per heavy atom. The number of hydrogen-bond acceptors (Lipinski definition) is 2. The zero-order chi connectivity index (χ0) is 11.1. The summed E-state index contributed by atoms with van der Waals surface area (Å²) in [5.74, 6) is 0. The Balaban J connectivity index is 2.49. The van der Waals surface area contributed by atoms with Crippen LogP contribution in [0.3, 0.4) is 0 Å². The number of nitrogens with one attached hydrogen (secondary N) is 1. The number of nitriles is 1. The molecule has 1 atom stereocenters. The molecule has 0 radical (unpaired) electrons. The molecular weight excluding hydrogens is 208 g/mol. The van der Waals surface area contributed by atoms with E-state index in [1.165, 1.54) is 0 Å². The van der Waals surface area contributed by atoms with Crippen molar-refractivity contribution in [3.63, 3.8) is 0 Å². The Kier molecular flexibility index (Phi) is 5.17. The highest BCUT2D eigenvalue weighted by Crippen LogP contribution is 2.14. The second kappa shape index (κ2) is 6.44. The molecule has 0 fully saturated rings. The van der Waals surface area contributed by atoms with Crippen molar-refractivity contribution in [2.45, 2.75) is 32.4 Å². The summed E-state index contributed by atoms with van der Waals surface area (Å²) in [4.78, 5) is 0. The minimum Gasteiger partial charge on any atom is -0.309 e. The van der Waals surface area contributed by atoms with Crippen LogP contribution in [0, 0.1) is 11.3 Å². The quantitative estimate of drug-likeness (QED) is 0.831. The third kappa shape index (κ3) is 3.91. The third-order valence-electron chi connectivity index (χ3n) is 2.37. The molecule has 1 N–H and O–H groups in total. The Morgan fingerprint density at radius 1 is 1.47 bits per heavy atom. The van der Waals surface area contributed by atoms with E-state index in [1.54, 1.807) is 0 Å². The van der Waals surface area contributed by atoms with Crippen molar-refractivity contribution in [3.8, 4) is 6.07 Å². The molecule has 2 nitrogen and oxygen atoms in total. The van der Waals surface area contributed by atoms with Gasteiger partial charge in [0.2, 0.25) is 0 Å². The molecule has 1 aromatic carbocycles. The van der Waals surface area contributed by atoms with Crippen LogP contribution in [0.4, 0.5) is 0 Å². The van der Waals surface area contributed by atoms with E-state index in [0.717, 1.165) is 23.6 Å². The Labute approximate surface area is 95.9 Å². The van der Waals surface area contributed by atoms with Crippen LogP contribution in [0.2, 0.25) is 5.02 Å². The van der Waals surface area contributed by atoms with E-state index in [1.807, 2.05) is 24.3 Å². The van der Waals surface area contributed by atoms with E-state index >= 15 is 0 Å². The van der Waals surface area contributed by atoms with Gasteiger partial charge in [-0.3, -0.25) is 0 Å². The lowest BCUT2D eigenvalue weighted by molar-refractivity contribution is 0.505. The summed E-state index contributed by atoms with van der Waals surface area (Å²) in [5.41, 5.74) is 1.08. The number of halogens is 1. The fourth-order valence-corrected chi connectivity index (χ4v) is 1.57. The number of rotatable bonds is 5. The van der Waals surface area contributed by atoms with E-state index < -0.39 is 0 Å². The average Bonchev–Trinajstić information content (AvgIpc) is 2.26. The van der Waals surface area contributed by atoms with Gasteiger partial charge in [0.25, 0.3) is 0 Å². The predicted octanol–water partition coefficient (Wildman–Crippen LogP) is 3.12. The van der Waals surface area contributed by atoms with Gasteiger partial charge in [-0.25, -0.2) is 0 Å². The van der Waals surface area contributed by atoms with Crippen LogP contribution in [-0.2, 0) is 6.54 Å². The Bertz CT molecular complexity index is 344. The van der Waals surface area contributed by atoms with E-state index in [-0.39, 0.29) is 6.04 Å². The molecule has 3 heteroatoms. The maximum atomic E-state index is 8.60. The average molecular weight is 223 g/mol. The van der Waals surface area contributed by atoms with Gasteiger partial charge < -0.3 is 5.32 Å². The monoisotopic (exact) mass is 222 g/mol. The van der Waals surface area contributed by atoms with E-state index in [0.29, 0.717) is 6.42 Å². The highest BCUT2D eigenvalue weighted by Gasteiger charge is 2.05. The summed E-state index contributed by atoms with van der Waals surface area (Å²) < 4.78 is 0. The second-order valence-corrected chi connectivity index (χ2v) is 3.85. The lowest BCUT2D eigenvalue weighted by Gasteiger charge is -2.13. The van der Waals surface area contributed by atoms with E-state index in [9.17, 15) is 0 Å². The molecule has 0 aliphatic heterocycles. The minimum absolute atomic E-state index is 0.256. The van der Waals surface area contributed by atoms with Crippen molar-refractivity contribution < 1.29 is 0 Å². The van der Waals surface area contributed by atoms with Crippen molar-refractivity contribution >= 4 is 11.6 Å².